The van der Waals surface area contributed by atoms with Gasteiger partial charge in [0.05, 0.1) is 5.02 Å². The largest absolute Gasteiger partial charge is 0.452 e. The highest BCUT2D eigenvalue weighted by Crippen LogP contribution is 2.35. The molecular weight excluding hydrogens is 284 g/mol. The summed E-state index contributed by atoms with van der Waals surface area (Å²) in [5.41, 5.74) is 0.660. The van der Waals surface area contributed by atoms with Gasteiger partial charge in [0.1, 0.15) is 11.6 Å². The number of benzene rings is 2. The van der Waals surface area contributed by atoms with Crippen molar-refractivity contribution in [2.45, 2.75) is 13.0 Å². The molecule has 0 aliphatic heterocycles. The lowest BCUT2D eigenvalue weighted by molar-refractivity contribution is 0.427. The molecule has 2 rings (SSSR count). The van der Waals surface area contributed by atoms with E-state index < -0.39 is 11.6 Å². The number of para-hydroxylation sites is 1. The van der Waals surface area contributed by atoms with Gasteiger partial charge in [0, 0.05) is 11.6 Å². The van der Waals surface area contributed by atoms with Crippen molar-refractivity contribution in [2.24, 2.45) is 0 Å². The Morgan fingerprint density at radius 1 is 1.20 bits per heavy atom. The molecule has 0 aromatic heterocycles. The van der Waals surface area contributed by atoms with Crippen LogP contribution < -0.4 is 10.1 Å². The first-order chi connectivity index (χ1) is 9.52. The molecule has 0 bridgehead atoms. The molecule has 106 valence electrons. The third-order valence-corrected chi connectivity index (χ3v) is 3.30. The van der Waals surface area contributed by atoms with Crippen molar-refractivity contribution in [3.63, 3.8) is 0 Å². The fourth-order valence-electron chi connectivity index (χ4n) is 1.80. The average Bonchev–Trinajstić information content (AvgIpc) is 2.42. The van der Waals surface area contributed by atoms with Crippen LogP contribution in [0.1, 0.15) is 18.5 Å². The van der Waals surface area contributed by atoms with E-state index in [-0.39, 0.29) is 22.6 Å². The van der Waals surface area contributed by atoms with Gasteiger partial charge in [-0.25, -0.2) is 8.78 Å². The number of nitrogens with one attached hydrogen (secondary N) is 1. The first kappa shape index (κ1) is 14.8. The zero-order valence-electron chi connectivity index (χ0n) is 11.1. The molecule has 0 amide bonds. The number of rotatable bonds is 4. The number of hydrogen-bond donors (Lipinski definition) is 1. The fraction of sp³-hybridized carbons (Fsp3) is 0.200. The summed E-state index contributed by atoms with van der Waals surface area (Å²) in [7, 11) is 1.77. The Bertz CT molecular complexity index is 619. The van der Waals surface area contributed by atoms with Crippen LogP contribution in [-0.2, 0) is 0 Å². The third kappa shape index (κ3) is 3.08. The Hall–Kier alpha value is -1.65. The van der Waals surface area contributed by atoms with Crippen molar-refractivity contribution in [1.29, 1.82) is 0 Å². The Labute approximate surface area is 121 Å². The van der Waals surface area contributed by atoms with Gasteiger partial charge in [-0.3, -0.25) is 0 Å². The Balaban J connectivity index is 2.42. The Morgan fingerprint density at radius 2 is 1.95 bits per heavy atom. The average molecular weight is 298 g/mol. The zero-order valence-corrected chi connectivity index (χ0v) is 11.8. The second-order valence-corrected chi connectivity index (χ2v) is 4.75. The molecule has 2 nitrogen and oxygen atoms in total. The van der Waals surface area contributed by atoms with Gasteiger partial charge in [0.25, 0.3) is 0 Å². The second kappa shape index (κ2) is 6.20. The summed E-state index contributed by atoms with van der Waals surface area (Å²) in [5.74, 6) is -0.671. The van der Waals surface area contributed by atoms with Crippen molar-refractivity contribution in [2.75, 3.05) is 7.05 Å². The molecule has 5 heteroatoms. The van der Waals surface area contributed by atoms with Crippen LogP contribution >= 0.6 is 11.6 Å². The molecule has 0 heterocycles. The number of hydrogen-bond acceptors (Lipinski definition) is 2. The van der Waals surface area contributed by atoms with E-state index in [0.717, 1.165) is 6.07 Å². The monoisotopic (exact) mass is 297 g/mol. The fourth-order valence-corrected chi connectivity index (χ4v) is 2.00. The van der Waals surface area contributed by atoms with E-state index in [1.54, 1.807) is 19.2 Å². The zero-order chi connectivity index (χ0) is 14.7. The summed E-state index contributed by atoms with van der Waals surface area (Å²) in [6.07, 6.45) is 0. The molecular formula is C15H14ClF2NO. The highest BCUT2D eigenvalue weighted by atomic mass is 35.5. The molecule has 0 aliphatic carbocycles. The van der Waals surface area contributed by atoms with Crippen LogP contribution in [0.25, 0.3) is 0 Å². The second-order valence-electron chi connectivity index (χ2n) is 4.35. The smallest absolute Gasteiger partial charge is 0.167 e. The van der Waals surface area contributed by atoms with Gasteiger partial charge in [-0.1, -0.05) is 23.7 Å². The predicted octanol–water partition coefficient (Wildman–Crippen LogP) is 4.69. The van der Waals surface area contributed by atoms with Crippen LogP contribution in [0.5, 0.6) is 11.5 Å². The Morgan fingerprint density at radius 3 is 2.60 bits per heavy atom. The minimum Gasteiger partial charge on any atom is -0.452 e. The van der Waals surface area contributed by atoms with Gasteiger partial charge in [0.15, 0.2) is 11.6 Å². The van der Waals surface area contributed by atoms with Gasteiger partial charge in [-0.15, -0.1) is 0 Å². The van der Waals surface area contributed by atoms with Gasteiger partial charge in [0.2, 0.25) is 0 Å². The normalized spacial score (nSPS) is 12.2. The van der Waals surface area contributed by atoms with E-state index in [9.17, 15) is 8.78 Å². The standard InChI is InChI=1S/C15H14ClF2NO/c1-9(19-2)11-4-3-5-13(18)15(11)20-14-7-6-10(17)8-12(14)16/h3-9,19H,1-2H3. The molecule has 1 atom stereocenters. The molecule has 20 heavy (non-hydrogen) atoms. The first-order valence-electron chi connectivity index (χ1n) is 6.11. The van der Waals surface area contributed by atoms with E-state index in [1.165, 1.54) is 18.2 Å². The van der Waals surface area contributed by atoms with Crippen LogP contribution in [0.15, 0.2) is 36.4 Å². The maximum atomic E-state index is 14.0. The van der Waals surface area contributed by atoms with Gasteiger partial charge < -0.3 is 10.1 Å². The van der Waals surface area contributed by atoms with Crippen molar-refractivity contribution >= 4 is 11.6 Å². The van der Waals surface area contributed by atoms with Crippen LogP contribution in [0.4, 0.5) is 8.78 Å². The van der Waals surface area contributed by atoms with Gasteiger partial charge in [-0.2, -0.15) is 0 Å². The molecule has 0 spiro atoms. The number of halogens is 3. The molecule has 0 fully saturated rings. The summed E-state index contributed by atoms with van der Waals surface area (Å²) < 4.78 is 32.5. The highest BCUT2D eigenvalue weighted by molar-refractivity contribution is 6.32. The molecule has 2 aromatic rings. The lowest BCUT2D eigenvalue weighted by Gasteiger charge is -2.17. The van der Waals surface area contributed by atoms with E-state index in [0.29, 0.717) is 5.56 Å². The van der Waals surface area contributed by atoms with E-state index in [1.807, 2.05) is 6.92 Å². The lowest BCUT2D eigenvalue weighted by atomic mass is 10.1. The van der Waals surface area contributed by atoms with E-state index in [2.05, 4.69) is 5.32 Å². The van der Waals surface area contributed by atoms with Gasteiger partial charge >= 0.3 is 0 Å². The maximum Gasteiger partial charge on any atom is 0.167 e. The maximum absolute atomic E-state index is 14.0. The van der Waals surface area contributed by atoms with E-state index >= 15 is 0 Å². The van der Waals surface area contributed by atoms with Crippen molar-refractivity contribution < 1.29 is 13.5 Å². The molecule has 0 saturated carbocycles. The first-order valence-corrected chi connectivity index (χ1v) is 6.49. The SMILES string of the molecule is CNC(C)c1cccc(F)c1Oc1ccc(F)cc1Cl. The van der Waals surface area contributed by atoms with Gasteiger partial charge in [-0.05, 0) is 38.2 Å². The van der Waals surface area contributed by atoms with Crippen LogP contribution in [-0.4, -0.2) is 7.05 Å². The summed E-state index contributed by atoms with van der Waals surface area (Å²) in [5, 5.41) is 3.11. The summed E-state index contributed by atoms with van der Waals surface area (Å²) in [6.45, 7) is 1.88. The van der Waals surface area contributed by atoms with Crippen molar-refractivity contribution in [3.05, 3.63) is 58.6 Å². The molecule has 0 aliphatic rings. The quantitative estimate of drug-likeness (QED) is 0.884. The minimum absolute atomic E-state index is 0.0860. The van der Waals surface area contributed by atoms with Crippen molar-refractivity contribution in [1.82, 2.24) is 5.32 Å². The number of ether oxygens (including phenoxy) is 1. The van der Waals surface area contributed by atoms with Crippen molar-refractivity contribution in [3.8, 4) is 11.5 Å². The molecule has 2 aromatic carbocycles. The predicted molar refractivity (Wildman–Crippen MR) is 75.4 cm³/mol. The summed E-state index contributed by atoms with van der Waals surface area (Å²) in [4.78, 5) is 0. The summed E-state index contributed by atoms with van der Waals surface area (Å²) >= 11 is 5.89. The summed E-state index contributed by atoms with van der Waals surface area (Å²) in [6, 6.07) is 8.28. The van der Waals surface area contributed by atoms with Crippen LogP contribution in [0.3, 0.4) is 0 Å². The van der Waals surface area contributed by atoms with Crippen LogP contribution in [0, 0.1) is 11.6 Å². The van der Waals surface area contributed by atoms with Crippen LogP contribution in [0.2, 0.25) is 5.02 Å². The minimum atomic E-state index is -0.495. The Kier molecular flexibility index (Phi) is 4.57. The molecule has 1 N–H and O–H groups in total. The molecule has 1 unspecified atom stereocenters. The van der Waals surface area contributed by atoms with E-state index in [4.69, 9.17) is 16.3 Å². The lowest BCUT2D eigenvalue weighted by Crippen LogP contribution is -2.13. The highest BCUT2D eigenvalue weighted by Gasteiger charge is 2.16. The topological polar surface area (TPSA) is 21.3 Å². The molecule has 0 radical (unpaired) electrons. The molecule has 0 saturated heterocycles. The third-order valence-electron chi connectivity index (χ3n) is 3.00.